The largest absolute Gasteiger partial charge is 0.618 e. The van der Waals surface area contributed by atoms with E-state index in [-0.39, 0.29) is 29.1 Å². The fourth-order valence-corrected chi connectivity index (χ4v) is 3.53. The molecule has 0 unspecified atom stereocenters. The summed E-state index contributed by atoms with van der Waals surface area (Å²) in [7, 11) is 1.45. The topological polar surface area (TPSA) is 102 Å². The van der Waals surface area contributed by atoms with Crippen molar-refractivity contribution in [2.24, 2.45) is 0 Å². The van der Waals surface area contributed by atoms with E-state index < -0.39 is 11.8 Å². The molecule has 8 nitrogen and oxygen atoms in total. The summed E-state index contributed by atoms with van der Waals surface area (Å²) in [4.78, 5) is 30.5. The van der Waals surface area contributed by atoms with Crippen LogP contribution in [0.25, 0.3) is 11.0 Å². The molecule has 1 heterocycles. The van der Waals surface area contributed by atoms with Gasteiger partial charge in [-0.05, 0) is 31.2 Å². The number of fused-ring (bicyclic) bond motifs is 1. The number of ketones is 1. The van der Waals surface area contributed by atoms with Gasteiger partial charge in [0.2, 0.25) is 5.52 Å². The molecule has 3 aromatic carbocycles. The zero-order valence-electron chi connectivity index (χ0n) is 18.7. The maximum absolute atomic E-state index is 13.4. The summed E-state index contributed by atoms with van der Waals surface area (Å²) in [6.07, 6.45) is 0. The van der Waals surface area contributed by atoms with Gasteiger partial charge >= 0.3 is 5.97 Å². The van der Waals surface area contributed by atoms with E-state index in [4.69, 9.17) is 14.2 Å². The van der Waals surface area contributed by atoms with Crippen molar-refractivity contribution < 1.29 is 28.5 Å². The predicted molar refractivity (Wildman–Crippen MR) is 124 cm³/mol. The minimum atomic E-state index is -0.665. The Morgan fingerprint density at radius 3 is 2.47 bits per heavy atom. The summed E-state index contributed by atoms with van der Waals surface area (Å²) in [6.45, 7) is 1.87. The fraction of sp³-hybridized carbons (Fsp3) is 0.154. The van der Waals surface area contributed by atoms with Crippen molar-refractivity contribution >= 4 is 22.8 Å². The number of carbonyl (C=O) groups is 2. The molecule has 34 heavy (non-hydrogen) atoms. The van der Waals surface area contributed by atoms with Crippen molar-refractivity contribution in [1.82, 2.24) is 4.98 Å². The molecule has 0 radical (unpaired) electrons. The molecule has 1 aromatic heterocycles. The van der Waals surface area contributed by atoms with E-state index in [1.54, 1.807) is 66.7 Å². The Hall–Kier alpha value is -4.46. The first-order valence-electron chi connectivity index (χ1n) is 10.6. The van der Waals surface area contributed by atoms with Crippen LogP contribution in [0.5, 0.6) is 11.5 Å². The molecule has 172 valence electrons. The van der Waals surface area contributed by atoms with Gasteiger partial charge in [0.25, 0.3) is 11.5 Å². The summed E-state index contributed by atoms with van der Waals surface area (Å²) in [6, 6.07) is 19.8. The summed E-state index contributed by atoms with van der Waals surface area (Å²) in [5, 5.41) is 13.4. The molecule has 4 rings (SSSR count). The van der Waals surface area contributed by atoms with Gasteiger partial charge in [-0.1, -0.05) is 42.5 Å². The third-order valence-corrected chi connectivity index (χ3v) is 5.13. The van der Waals surface area contributed by atoms with Crippen molar-refractivity contribution in [3.05, 3.63) is 101 Å². The minimum absolute atomic E-state index is 0.0451. The van der Waals surface area contributed by atoms with Gasteiger partial charge in [0.05, 0.1) is 19.8 Å². The number of methoxy groups -OCH3 is 1. The second-order valence-corrected chi connectivity index (χ2v) is 7.26. The monoisotopic (exact) mass is 458 g/mol. The van der Waals surface area contributed by atoms with Crippen LogP contribution in [0.2, 0.25) is 0 Å². The average molecular weight is 458 g/mol. The molecule has 0 fully saturated rings. The number of hydrogen-bond acceptors (Lipinski definition) is 7. The molecule has 0 atom stereocenters. The van der Waals surface area contributed by atoms with Crippen LogP contribution >= 0.6 is 0 Å². The van der Waals surface area contributed by atoms with Crippen molar-refractivity contribution in [3.8, 4) is 11.5 Å². The van der Waals surface area contributed by atoms with Gasteiger partial charge in [-0.15, -0.1) is 0 Å². The van der Waals surface area contributed by atoms with Crippen molar-refractivity contribution in [3.63, 3.8) is 0 Å². The van der Waals surface area contributed by atoms with E-state index in [0.717, 1.165) is 0 Å². The lowest BCUT2D eigenvalue weighted by atomic mass is 10.1. The Balaban J connectivity index is 1.77. The third-order valence-electron chi connectivity index (χ3n) is 5.13. The van der Waals surface area contributed by atoms with Crippen molar-refractivity contribution in [1.29, 1.82) is 0 Å². The molecule has 0 spiro atoms. The smallest absolute Gasteiger partial charge is 0.342 e. The Labute approximate surface area is 195 Å². The van der Waals surface area contributed by atoms with Gasteiger partial charge in [0, 0.05) is 5.56 Å². The lowest BCUT2D eigenvalue weighted by molar-refractivity contribution is -0.580. The number of carbonyl (C=O) groups excluding carboxylic acids is 2. The number of aromatic nitrogens is 2. The van der Waals surface area contributed by atoms with Crippen LogP contribution in [0, 0.1) is 5.21 Å². The number of para-hydroxylation sites is 1. The van der Waals surface area contributed by atoms with Crippen LogP contribution in [0.15, 0.2) is 72.8 Å². The van der Waals surface area contributed by atoms with Gasteiger partial charge in [0.1, 0.15) is 29.2 Å². The molecule has 8 heteroatoms. The zero-order chi connectivity index (χ0) is 24.1. The van der Waals surface area contributed by atoms with Gasteiger partial charge in [0.15, 0.2) is 5.69 Å². The van der Waals surface area contributed by atoms with E-state index >= 15 is 0 Å². The SMILES string of the molecule is CCOc1ccc2nc(COC(=O)c3ccccc3OC)c(C(=O)c3ccccc3)[n+]([O-])c2c1. The Morgan fingerprint density at radius 1 is 1.00 bits per heavy atom. The van der Waals surface area contributed by atoms with Crippen LogP contribution in [0.4, 0.5) is 0 Å². The Bertz CT molecular complexity index is 1350. The first-order valence-corrected chi connectivity index (χ1v) is 10.6. The average Bonchev–Trinajstić information content (AvgIpc) is 2.88. The summed E-state index contributed by atoms with van der Waals surface area (Å²) >= 11 is 0. The summed E-state index contributed by atoms with van der Waals surface area (Å²) in [5.41, 5.74) is 0.866. The second-order valence-electron chi connectivity index (χ2n) is 7.26. The molecular weight excluding hydrogens is 436 g/mol. The Morgan fingerprint density at radius 2 is 1.74 bits per heavy atom. The number of hydrogen-bond donors (Lipinski definition) is 0. The molecular formula is C26H22N2O6. The maximum atomic E-state index is 13.4. The Kier molecular flexibility index (Phi) is 6.68. The normalized spacial score (nSPS) is 10.6. The quantitative estimate of drug-likeness (QED) is 0.171. The van der Waals surface area contributed by atoms with E-state index in [1.807, 2.05) is 6.92 Å². The van der Waals surface area contributed by atoms with Crippen LogP contribution in [0.3, 0.4) is 0 Å². The second kappa shape index (κ2) is 9.99. The molecule has 4 aromatic rings. The van der Waals surface area contributed by atoms with Crippen LogP contribution in [-0.2, 0) is 11.3 Å². The number of nitrogens with zero attached hydrogens (tertiary/aromatic N) is 2. The fourth-order valence-electron chi connectivity index (χ4n) is 3.53. The summed E-state index contributed by atoms with van der Waals surface area (Å²) < 4.78 is 16.7. The first kappa shape index (κ1) is 22.7. The van der Waals surface area contributed by atoms with Crippen LogP contribution in [0.1, 0.15) is 39.0 Å². The highest BCUT2D eigenvalue weighted by atomic mass is 16.5. The molecule has 0 aliphatic carbocycles. The lowest BCUT2D eigenvalue weighted by Gasteiger charge is -2.13. The van der Waals surface area contributed by atoms with Crippen LogP contribution in [-0.4, -0.2) is 30.5 Å². The molecule has 0 N–H and O–H groups in total. The molecule has 0 aliphatic rings. The van der Waals surface area contributed by atoms with Gasteiger partial charge < -0.3 is 19.4 Å². The predicted octanol–water partition coefficient (Wildman–Crippen LogP) is 3.86. The molecule has 0 bridgehead atoms. The third kappa shape index (κ3) is 4.52. The molecule has 0 amide bonds. The number of benzene rings is 3. The van der Waals surface area contributed by atoms with Gasteiger partial charge in [-0.25, -0.2) is 9.78 Å². The van der Waals surface area contributed by atoms with E-state index in [0.29, 0.717) is 33.9 Å². The first-order chi connectivity index (χ1) is 16.5. The zero-order valence-corrected chi connectivity index (χ0v) is 18.7. The van der Waals surface area contributed by atoms with Gasteiger partial charge in [-0.2, -0.15) is 4.73 Å². The summed E-state index contributed by atoms with van der Waals surface area (Å²) in [5.74, 6) is -0.367. The standard InChI is InChI=1S/C26H22N2O6/c1-3-33-18-13-14-20-22(15-18)28(31)24(25(29)17-9-5-4-6-10-17)21(27-20)16-34-26(30)19-11-7-8-12-23(19)32-2/h4-15H,3,16H2,1-2H3. The van der Waals surface area contributed by atoms with E-state index in [2.05, 4.69) is 4.98 Å². The minimum Gasteiger partial charge on any atom is -0.618 e. The highest BCUT2D eigenvalue weighted by molar-refractivity contribution is 6.07. The molecule has 0 saturated heterocycles. The number of ether oxygens (including phenoxy) is 3. The number of rotatable bonds is 8. The molecule has 0 aliphatic heterocycles. The van der Waals surface area contributed by atoms with Gasteiger partial charge in [-0.3, -0.25) is 4.79 Å². The van der Waals surface area contributed by atoms with Crippen molar-refractivity contribution in [2.45, 2.75) is 13.5 Å². The number of esters is 1. The van der Waals surface area contributed by atoms with Crippen molar-refractivity contribution in [2.75, 3.05) is 13.7 Å². The highest BCUT2D eigenvalue weighted by Crippen LogP contribution is 2.22. The van der Waals surface area contributed by atoms with E-state index in [1.165, 1.54) is 13.2 Å². The van der Waals surface area contributed by atoms with E-state index in [9.17, 15) is 14.8 Å². The lowest BCUT2D eigenvalue weighted by Crippen LogP contribution is -2.38. The maximum Gasteiger partial charge on any atom is 0.342 e. The highest BCUT2D eigenvalue weighted by Gasteiger charge is 2.28. The van der Waals surface area contributed by atoms with Crippen LogP contribution < -0.4 is 14.2 Å². The molecule has 0 saturated carbocycles.